The molecule has 0 saturated heterocycles. The number of carbonyl (C=O) groups excluding carboxylic acids is 4. The fourth-order valence-corrected chi connectivity index (χ4v) is 6.06. The number of esters is 4. The second-order valence-corrected chi connectivity index (χ2v) is 11.8. The monoisotopic (exact) mass is 732 g/mol. The molecule has 0 unspecified atom stereocenters. The molecular weight excluding hydrogens is 700 g/mol. The van der Waals surface area contributed by atoms with Crippen molar-refractivity contribution in [3.8, 4) is 23.0 Å². The largest absolute Gasteiger partial charge is 0.448 e. The molecule has 0 spiro atoms. The number of fused-ring (bicyclic) bond motifs is 2. The van der Waals surface area contributed by atoms with E-state index in [1.807, 2.05) is 0 Å². The van der Waals surface area contributed by atoms with E-state index in [1.54, 1.807) is 0 Å². The summed E-state index contributed by atoms with van der Waals surface area (Å²) in [6.07, 6.45) is 0. The van der Waals surface area contributed by atoms with Crippen molar-refractivity contribution in [3.05, 3.63) is 33.4 Å². The van der Waals surface area contributed by atoms with Gasteiger partial charge in [-0.05, 0) is 0 Å². The van der Waals surface area contributed by atoms with Gasteiger partial charge in [0.2, 0.25) is 0 Å². The second-order valence-electron chi connectivity index (χ2n) is 11.8. The molecule has 276 valence electrons. The Labute approximate surface area is 295 Å². The van der Waals surface area contributed by atoms with Gasteiger partial charge < -0.3 is 111 Å². The zero-order valence-electron chi connectivity index (χ0n) is 27.0. The van der Waals surface area contributed by atoms with Crippen LogP contribution >= 0.6 is 0 Å². The quantitative estimate of drug-likeness (QED) is 0.0448. The van der Waals surface area contributed by atoms with E-state index < -0.39 is 121 Å². The van der Waals surface area contributed by atoms with Crippen molar-refractivity contribution < 1.29 is 38.1 Å². The molecule has 2 aliphatic heterocycles. The first-order valence-corrected chi connectivity index (χ1v) is 14.6. The number of benzene rings is 4. The Bertz CT molecular complexity index is 2240. The number of nitrogen functional groups attached to an aromatic ring is 14. The second kappa shape index (κ2) is 10.9. The summed E-state index contributed by atoms with van der Waals surface area (Å²) in [6.45, 7) is 0. The van der Waals surface area contributed by atoms with E-state index in [0.29, 0.717) is 0 Å². The van der Waals surface area contributed by atoms with E-state index in [4.69, 9.17) is 101 Å². The standard InChI is InChI=1S/C29H32N16O8/c30-7-1-3(27(48)52-25(1)46)9(32)21(15(7)38)50-23-17(40)11(34)5(12(35)18(23)41)29(44,45)6-13(36)19(42)24(20(43)14(6)37)51-22-10(33)4-2(8(31)16(22)39)26(47)53-28(4)49/h30-45H2. The number of carbonyl (C=O) groups is 4. The van der Waals surface area contributed by atoms with Crippen LogP contribution in [0.2, 0.25) is 0 Å². The molecule has 24 heteroatoms. The van der Waals surface area contributed by atoms with Crippen molar-refractivity contribution >= 4 is 104 Å². The smallest absolute Gasteiger partial charge is 0.349 e. The molecule has 2 aliphatic rings. The van der Waals surface area contributed by atoms with Gasteiger partial charge in [-0.2, -0.15) is 0 Å². The van der Waals surface area contributed by atoms with Gasteiger partial charge in [0.1, 0.15) is 62.0 Å². The van der Waals surface area contributed by atoms with E-state index in [0.717, 1.165) is 0 Å². The van der Waals surface area contributed by atoms with Crippen molar-refractivity contribution in [2.45, 2.75) is 5.66 Å². The van der Waals surface area contributed by atoms with Crippen LogP contribution in [0.25, 0.3) is 0 Å². The van der Waals surface area contributed by atoms with Gasteiger partial charge in [-0.25, -0.2) is 19.2 Å². The first-order chi connectivity index (χ1) is 24.6. The maximum Gasteiger partial charge on any atom is 0.349 e. The fraction of sp³-hybridized carbons (Fsp3) is 0.0345. The molecule has 0 fully saturated rings. The van der Waals surface area contributed by atoms with Crippen LogP contribution in [0.1, 0.15) is 52.6 Å². The number of hydrogen-bond donors (Lipinski definition) is 16. The highest BCUT2D eigenvalue weighted by Gasteiger charge is 2.42. The maximum absolute atomic E-state index is 12.3. The van der Waals surface area contributed by atoms with Gasteiger partial charge in [0.05, 0.1) is 45.5 Å². The Balaban J connectivity index is 1.47. The molecular formula is C29H32N16O8. The van der Waals surface area contributed by atoms with Crippen molar-refractivity contribution in [2.24, 2.45) is 11.5 Å². The summed E-state index contributed by atoms with van der Waals surface area (Å²) in [6, 6.07) is 0. The van der Waals surface area contributed by atoms with Crippen molar-refractivity contribution in [1.82, 2.24) is 0 Å². The van der Waals surface area contributed by atoms with Gasteiger partial charge in [-0.3, -0.25) is 0 Å². The number of ether oxygens (including phenoxy) is 4. The summed E-state index contributed by atoms with van der Waals surface area (Å²) < 4.78 is 20.8. The minimum atomic E-state index is -2.40. The lowest BCUT2D eigenvalue weighted by Crippen LogP contribution is -2.49. The topological polar surface area (TPSA) is 522 Å². The highest BCUT2D eigenvalue weighted by atomic mass is 16.6. The van der Waals surface area contributed by atoms with Crippen LogP contribution in [-0.4, -0.2) is 23.9 Å². The molecule has 32 N–H and O–H groups in total. The number of hydrogen-bond acceptors (Lipinski definition) is 24. The number of cyclic esters (lactones) is 4. The van der Waals surface area contributed by atoms with Crippen LogP contribution in [0.4, 0.5) is 79.6 Å². The minimum absolute atomic E-state index is 0.350. The van der Waals surface area contributed by atoms with Gasteiger partial charge in [0.25, 0.3) is 0 Å². The normalized spacial score (nSPS) is 13.5. The number of anilines is 14. The van der Waals surface area contributed by atoms with Crippen LogP contribution in [0.5, 0.6) is 23.0 Å². The van der Waals surface area contributed by atoms with Gasteiger partial charge in [0.15, 0.2) is 23.0 Å². The molecule has 4 aromatic carbocycles. The van der Waals surface area contributed by atoms with Crippen LogP contribution in [0.15, 0.2) is 0 Å². The average molecular weight is 733 g/mol. The number of nitrogens with two attached hydrogens (primary N) is 16. The Morgan fingerprint density at radius 2 is 0.528 bits per heavy atom. The Morgan fingerprint density at radius 1 is 0.321 bits per heavy atom. The van der Waals surface area contributed by atoms with Crippen LogP contribution in [0.3, 0.4) is 0 Å². The Hall–Kier alpha value is -8.12. The van der Waals surface area contributed by atoms with Gasteiger partial charge >= 0.3 is 23.9 Å². The fourth-order valence-electron chi connectivity index (χ4n) is 6.06. The first-order valence-electron chi connectivity index (χ1n) is 14.6. The molecule has 0 radical (unpaired) electrons. The Morgan fingerprint density at radius 3 is 0.792 bits per heavy atom. The minimum Gasteiger partial charge on any atom is -0.448 e. The van der Waals surface area contributed by atoms with E-state index in [9.17, 15) is 19.2 Å². The lowest BCUT2D eigenvalue weighted by molar-refractivity contribution is 0.0426. The molecule has 24 nitrogen and oxygen atoms in total. The molecule has 0 aromatic heterocycles. The molecule has 0 bridgehead atoms. The summed E-state index contributed by atoms with van der Waals surface area (Å²) in [7, 11) is 0. The zero-order valence-corrected chi connectivity index (χ0v) is 27.0. The molecule has 0 saturated carbocycles. The first kappa shape index (κ1) is 34.7. The predicted octanol–water partition coefficient (Wildman–Crippen LogP) is -1.84. The van der Waals surface area contributed by atoms with Crippen LogP contribution < -0.4 is 101 Å². The average Bonchev–Trinajstić information content (AvgIpc) is 3.56. The van der Waals surface area contributed by atoms with Gasteiger partial charge in [0, 0.05) is 11.1 Å². The number of rotatable bonds is 6. The van der Waals surface area contributed by atoms with Crippen LogP contribution in [-0.2, 0) is 15.1 Å². The lowest BCUT2D eigenvalue weighted by atomic mass is 9.85. The zero-order chi connectivity index (χ0) is 39.5. The molecule has 6 rings (SSSR count). The van der Waals surface area contributed by atoms with Gasteiger partial charge in [-0.15, -0.1) is 0 Å². The third-order valence-corrected chi connectivity index (χ3v) is 8.78. The highest BCUT2D eigenvalue weighted by molar-refractivity contribution is 6.23. The summed E-state index contributed by atoms with van der Waals surface area (Å²) in [5, 5.41) is 0. The van der Waals surface area contributed by atoms with E-state index in [1.165, 1.54) is 0 Å². The summed E-state index contributed by atoms with van der Waals surface area (Å²) in [5.74, 6) is -6.12. The Kier molecular flexibility index (Phi) is 7.17. The summed E-state index contributed by atoms with van der Waals surface area (Å²) >= 11 is 0. The molecule has 53 heavy (non-hydrogen) atoms. The summed E-state index contributed by atoms with van der Waals surface area (Å²) in [4.78, 5) is 49.0. The van der Waals surface area contributed by atoms with E-state index >= 15 is 0 Å². The van der Waals surface area contributed by atoms with Crippen molar-refractivity contribution in [3.63, 3.8) is 0 Å². The molecule has 4 aromatic rings. The molecule has 0 amide bonds. The van der Waals surface area contributed by atoms with Crippen LogP contribution in [0, 0.1) is 0 Å². The van der Waals surface area contributed by atoms with E-state index in [2.05, 4.69) is 9.47 Å². The molecule has 0 atom stereocenters. The highest BCUT2D eigenvalue weighted by Crippen LogP contribution is 2.55. The van der Waals surface area contributed by atoms with Crippen molar-refractivity contribution in [2.75, 3.05) is 80.3 Å². The third kappa shape index (κ3) is 4.43. The molecule has 2 heterocycles. The summed E-state index contributed by atoms with van der Waals surface area (Å²) in [5.41, 5.74) is 90.2. The molecule has 0 aliphatic carbocycles. The predicted molar refractivity (Wildman–Crippen MR) is 196 cm³/mol. The SMILES string of the molecule is Nc1c(N)c(C(N)(N)c2c(N)c(N)c(Oc3c(N)c(N)c4c(c3N)C(=O)OC4=O)c(N)c2N)c(N)c(N)c1Oc1c(N)c(N)c2c(c1N)C(=O)OC2=O. The van der Waals surface area contributed by atoms with Gasteiger partial charge in [-0.1, -0.05) is 0 Å². The van der Waals surface area contributed by atoms with Crippen molar-refractivity contribution in [1.29, 1.82) is 0 Å². The third-order valence-electron chi connectivity index (χ3n) is 8.78. The lowest BCUT2D eigenvalue weighted by Gasteiger charge is -2.33. The maximum atomic E-state index is 12.3. The van der Waals surface area contributed by atoms with E-state index in [-0.39, 0.29) is 45.0 Å².